The highest BCUT2D eigenvalue weighted by Crippen LogP contribution is 2.67. The Morgan fingerprint density at radius 1 is 0.980 bits per heavy atom. The number of piperazine rings is 1. The van der Waals surface area contributed by atoms with Gasteiger partial charge in [0.15, 0.2) is 5.78 Å². The number of Topliss-reactive ketones (excluding diaryl/α,β-unsaturated/α-hetero) is 1. The molecule has 1 saturated heterocycles. The summed E-state index contributed by atoms with van der Waals surface area (Å²) in [5, 5.41) is 29.0. The van der Waals surface area contributed by atoms with Crippen LogP contribution in [-0.2, 0) is 23.9 Å². The van der Waals surface area contributed by atoms with Crippen molar-refractivity contribution in [2.24, 2.45) is 28.6 Å². The third-order valence-corrected chi connectivity index (χ3v) is 13.6. The zero-order valence-corrected chi connectivity index (χ0v) is 29.2. The Bertz CT molecular complexity index is 1830. The average molecular weight is 707 g/mol. The van der Waals surface area contributed by atoms with E-state index >= 15 is 0 Å². The Kier molecular flexibility index (Phi) is 8.40. The molecular weight excluding hydrogens is 660 g/mol. The molecule has 3 aromatic rings. The average Bonchev–Trinajstić information content (AvgIpc) is 3.61. The number of hydrogen-bond donors (Lipinski definition) is 2. The van der Waals surface area contributed by atoms with Crippen LogP contribution < -0.4 is 0 Å². The van der Waals surface area contributed by atoms with Gasteiger partial charge in [0.2, 0.25) is 0 Å². The van der Waals surface area contributed by atoms with Gasteiger partial charge in [-0.1, -0.05) is 31.6 Å². The van der Waals surface area contributed by atoms with Crippen LogP contribution in [0.4, 0.5) is 17.6 Å². The standard InChI is InChI=1S/C40H46F4N4O3/c1-37-20-26-22-45-48(30-10-8-29(41)9-11-30)33(26)19-28(37)7-12-31-32-13-14-39(51,38(32,2)21-34(49)36(31)37)35(50)24-47-17-15-46(16-18-47)23-25-3-5-27(6-4-25)40(42,43)44/h3-6,8-11,19,22,31-32,34,36,49,51H,7,12-18,20-21,23-24H2,1-2H3/t31?,32?,34?,36?,37-,38-,39-/m0/s1. The number of alkyl halides is 3. The van der Waals surface area contributed by atoms with Gasteiger partial charge in [-0.2, -0.15) is 18.3 Å². The Morgan fingerprint density at radius 3 is 2.35 bits per heavy atom. The van der Waals surface area contributed by atoms with Crippen molar-refractivity contribution in [1.29, 1.82) is 0 Å². The third kappa shape index (κ3) is 5.70. The van der Waals surface area contributed by atoms with E-state index in [9.17, 15) is 32.6 Å². The number of carbonyl (C=O) groups excluding carboxylic acids is 1. The number of carbonyl (C=O) groups is 1. The molecule has 7 atom stereocenters. The zero-order chi connectivity index (χ0) is 35.9. The molecule has 3 saturated carbocycles. The molecule has 8 rings (SSSR count). The molecule has 0 amide bonds. The molecule has 5 aliphatic rings. The summed E-state index contributed by atoms with van der Waals surface area (Å²) < 4.78 is 54.4. The van der Waals surface area contributed by atoms with Crippen LogP contribution in [-0.4, -0.2) is 80.0 Å². The molecule has 4 unspecified atom stereocenters. The summed E-state index contributed by atoms with van der Waals surface area (Å²) in [5.41, 5.74) is 1.82. The van der Waals surface area contributed by atoms with Gasteiger partial charge >= 0.3 is 6.18 Å². The second-order valence-electron chi connectivity index (χ2n) is 16.3. The smallest absolute Gasteiger partial charge is 0.393 e. The first-order valence-electron chi connectivity index (χ1n) is 18.3. The maximum Gasteiger partial charge on any atom is 0.416 e. The van der Waals surface area contributed by atoms with Crippen LogP contribution in [0.1, 0.15) is 68.3 Å². The lowest BCUT2D eigenvalue weighted by Gasteiger charge is -2.60. The van der Waals surface area contributed by atoms with Crippen molar-refractivity contribution in [2.45, 2.75) is 76.8 Å². The molecule has 2 aromatic carbocycles. The second kappa shape index (κ2) is 12.4. The van der Waals surface area contributed by atoms with E-state index in [-0.39, 0.29) is 41.3 Å². The zero-order valence-electron chi connectivity index (χ0n) is 29.2. The van der Waals surface area contributed by atoms with Gasteiger partial charge in [0, 0.05) is 38.1 Å². The topological polar surface area (TPSA) is 81.8 Å². The summed E-state index contributed by atoms with van der Waals surface area (Å²) in [6.45, 7) is 7.58. The predicted octanol–water partition coefficient (Wildman–Crippen LogP) is 6.30. The first-order valence-corrected chi connectivity index (χ1v) is 18.3. The van der Waals surface area contributed by atoms with E-state index < -0.39 is 28.9 Å². The number of aliphatic hydroxyl groups excluding tert-OH is 1. The monoisotopic (exact) mass is 706 g/mol. The number of rotatable bonds is 6. The molecule has 0 bridgehead atoms. The summed E-state index contributed by atoms with van der Waals surface area (Å²) in [7, 11) is 0. The van der Waals surface area contributed by atoms with Crippen molar-refractivity contribution >= 4 is 11.9 Å². The predicted molar refractivity (Wildman–Crippen MR) is 184 cm³/mol. The van der Waals surface area contributed by atoms with Gasteiger partial charge in [0.1, 0.15) is 11.4 Å². The van der Waals surface area contributed by atoms with Crippen molar-refractivity contribution in [1.82, 2.24) is 19.6 Å². The van der Waals surface area contributed by atoms with Crippen LogP contribution in [0.3, 0.4) is 0 Å². The number of halogens is 4. The molecule has 2 N–H and O–H groups in total. The van der Waals surface area contributed by atoms with Crippen LogP contribution >= 0.6 is 0 Å². The fraction of sp³-hybridized carbons (Fsp3) is 0.550. The molecule has 0 radical (unpaired) electrons. The summed E-state index contributed by atoms with van der Waals surface area (Å²) in [5.74, 6) is -0.189. The van der Waals surface area contributed by atoms with Gasteiger partial charge in [-0.05, 0) is 115 Å². The van der Waals surface area contributed by atoms with E-state index in [1.54, 1.807) is 12.1 Å². The molecule has 2 heterocycles. The Hall–Kier alpha value is -3.38. The van der Waals surface area contributed by atoms with E-state index in [0.717, 1.165) is 60.3 Å². The number of ketones is 1. The van der Waals surface area contributed by atoms with Gasteiger partial charge in [0.05, 0.1) is 35.8 Å². The molecular formula is C40H46F4N4O3. The first-order chi connectivity index (χ1) is 24.2. The molecule has 11 heteroatoms. The largest absolute Gasteiger partial charge is 0.416 e. The SMILES string of the molecule is C[C@]12Cc3cnn(-c4ccc(F)cc4)c3C=C1CCC1C2C(O)C[C@@]2(C)C1CC[C@]2(O)C(=O)CN1CCN(Cc2ccc(C(F)(F)F)cc2)CC1. The van der Waals surface area contributed by atoms with E-state index in [2.05, 4.69) is 27.9 Å². The van der Waals surface area contributed by atoms with Crippen LogP contribution in [0.5, 0.6) is 0 Å². The van der Waals surface area contributed by atoms with E-state index in [1.165, 1.54) is 29.8 Å². The quantitative estimate of drug-likeness (QED) is 0.293. The molecule has 4 aliphatic carbocycles. The van der Waals surface area contributed by atoms with E-state index in [4.69, 9.17) is 0 Å². The normalized spacial score (nSPS) is 33.9. The summed E-state index contributed by atoms with van der Waals surface area (Å²) in [6, 6.07) is 11.6. The van der Waals surface area contributed by atoms with E-state index in [1.807, 2.05) is 17.8 Å². The molecule has 1 aromatic heterocycles. The van der Waals surface area contributed by atoms with Crippen molar-refractivity contribution < 1.29 is 32.6 Å². The van der Waals surface area contributed by atoms with Crippen molar-refractivity contribution in [2.75, 3.05) is 32.7 Å². The molecule has 272 valence electrons. The lowest BCUT2D eigenvalue weighted by Crippen LogP contribution is -2.63. The van der Waals surface area contributed by atoms with Gasteiger partial charge < -0.3 is 10.2 Å². The van der Waals surface area contributed by atoms with Gasteiger partial charge in [0.25, 0.3) is 0 Å². The van der Waals surface area contributed by atoms with Crippen molar-refractivity contribution in [3.8, 4) is 5.69 Å². The van der Waals surface area contributed by atoms with Gasteiger partial charge in [-0.15, -0.1) is 0 Å². The van der Waals surface area contributed by atoms with Crippen LogP contribution in [0.2, 0.25) is 0 Å². The molecule has 4 fully saturated rings. The molecule has 7 nitrogen and oxygen atoms in total. The number of aliphatic hydroxyl groups is 2. The number of nitrogens with zero attached hydrogens (tertiary/aromatic N) is 4. The molecule has 0 spiro atoms. The van der Waals surface area contributed by atoms with Crippen molar-refractivity contribution in [3.63, 3.8) is 0 Å². The maximum atomic E-state index is 14.1. The van der Waals surface area contributed by atoms with Gasteiger partial charge in [-0.25, -0.2) is 9.07 Å². The summed E-state index contributed by atoms with van der Waals surface area (Å²) in [6.07, 6.45) is 3.08. The van der Waals surface area contributed by atoms with E-state index in [0.29, 0.717) is 45.6 Å². The summed E-state index contributed by atoms with van der Waals surface area (Å²) >= 11 is 0. The highest BCUT2D eigenvalue weighted by Gasteiger charge is 2.68. The minimum absolute atomic E-state index is 0.00640. The number of hydrogen-bond acceptors (Lipinski definition) is 6. The van der Waals surface area contributed by atoms with Crippen molar-refractivity contribution in [3.05, 3.63) is 88.5 Å². The first kappa shape index (κ1) is 34.7. The number of allylic oxidation sites excluding steroid dienone is 1. The minimum Gasteiger partial charge on any atom is -0.393 e. The highest BCUT2D eigenvalue weighted by atomic mass is 19.4. The minimum atomic E-state index is -4.36. The lowest BCUT2D eigenvalue weighted by molar-refractivity contribution is -0.180. The Morgan fingerprint density at radius 2 is 1.67 bits per heavy atom. The van der Waals surface area contributed by atoms with Crippen LogP contribution in [0.15, 0.2) is 60.3 Å². The molecule has 51 heavy (non-hydrogen) atoms. The maximum absolute atomic E-state index is 14.1. The number of aromatic nitrogens is 2. The number of fused-ring (bicyclic) bond motifs is 6. The Balaban J connectivity index is 0.936. The Labute approximate surface area is 295 Å². The lowest BCUT2D eigenvalue weighted by atomic mass is 9.45. The van der Waals surface area contributed by atoms with Gasteiger partial charge in [-0.3, -0.25) is 14.6 Å². The molecule has 1 aliphatic heterocycles. The van der Waals surface area contributed by atoms with Crippen LogP contribution in [0, 0.1) is 34.4 Å². The van der Waals surface area contributed by atoms with Crippen LogP contribution in [0.25, 0.3) is 11.8 Å². The third-order valence-electron chi connectivity index (χ3n) is 13.6. The fourth-order valence-electron chi connectivity index (χ4n) is 10.9. The number of benzene rings is 2. The second-order valence-corrected chi connectivity index (χ2v) is 16.3. The highest BCUT2D eigenvalue weighted by molar-refractivity contribution is 5.90. The summed E-state index contributed by atoms with van der Waals surface area (Å²) in [4.78, 5) is 18.3. The fourth-order valence-corrected chi connectivity index (χ4v) is 10.9.